The predicted octanol–water partition coefficient (Wildman–Crippen LogP) is 0.245. The molecule has 8 heteroatoms. The Hall–Kier alpha value is -2.09. The molecule has 0 aromatic carbocycles. The van der Waals surface area contributed by atoms with Gasteiger partial charge in [-0.3, -0.25) is 34.4 Å². The maximum Gasteiger partial charge on any atom is 0.280 e. The monoisotopic (exact) mass is 337 g/mol. The molecule has 1 aromatic heterocycles. The molecule has 4 amide bonds. The van der Waals surface area contributed by atoms with Gasteiger partial charge in [-0.05, 0) is 28.4 Å². The number of nitrogens with zero attached hydrogens (tertiary/aromatic N) is 2. The Morgan fingerprint density at radius 1 is 1.25 bits per heavy atom. The van der Waals surface area contributed by atoms with Gasteiger partial charge in [0.05, 0.1) is 5.56 Å². The Labute approximate surface area is 121 Å². The summed E-state index contributed by atoms with van der Waals surface area (Å²) in [7, 11) is 0. The highest BCUT2D eigenvalue weighted by molar-refractivity contribution is 9.10. The third kappa shape index (κ3) is 1.75. The third-order valence-corrected chi connectivity index (χ3v) is 3.94. The van der Waals surface area contributed by atoms with Crippen LogP contribution >= 0.6 is 15.9 Å². The van der Waals surface area contributed by atoms with E-state index < -0.39 is 29.7 Å². The molecular formula is C12H8BrN3O4. The Bertz CT molecular complexity index is 673. The second-order valence-corrected chi connectivity index (χ2v) is 5.32. The van der Waals surface area contributed by atoms with Crippen molar-refractivity contribution in [1.82, 2.24) is 15.2 Å². The number of rotatable bonds is 1. The molecule has 7 nitrogen and oxygen atoms in total. The lowest BCUT2D eigenvalue weighted by molar-refractivity contribution is -0.136. The Morgan fingerprint density at radius 3 is 2.65 bits per heavy atom. The van der Waals surface area contributed by atoms with Crippen LogP contribution in [0.4, 0.5) is 0 Å². The van der Waals surface area contributed by atoms with Crippen LogP contribution in [0.1, 0.15) is 33.7 Å². The number of hydrogen-bond donors (Lipinski definition) is 1. The van der Waals surface area contributed by atoms with Crippen LogP contribution in [0.3, 0.4) is 0 Å². The first-order chi connectivity index (χ1) is 9.50. The average Bonchev–Trinajstić information content (AvgIpc) is 2.64. The van der Waals surface area contributed by atoms with Gasteiger partial charge < -0.3 is 0 Å². The molecule has 0 aliphatic carbocycles. The van der Waals surface area contributed by atoms with E-state index in [0.717, 1.165) is 4.90 Å². The molecule has 20 heavy (non-hydrogen) atoms. The largest absolute Gasteiger partial charge is 0.295 e. The highest BCUT2D eigenvalue weighted by atomic mass is 79.9. The smallest absolute Gasteiger partial charge is 0.280 e. The molecule has 0 radical (unpaired) electrons. The minimum atomic E-state index is -0.964. The molecule has 1 atom stereocenters. The third-order valence-electron chi connectivity index (χ3n) is 3.28. The van der Waals surface area contributed by atoms with Crippen LogP contribution in [0.25, 0.3) is 0 Å². The van der Waals surface area contributed by atoms with Crippen molar-refractivity contribution in [2.45, 2.75) is 18.9 Å². The van der Waals surface area contributed by atoms with Gasteiger partial charge in [0.1, 0.15) is 11.7 Å². The Kier molecular flexibility index (Phi) is 2.89. The molecule has 0 bridgehead atoms. The van der Waals surface area contributed by atoms with Gasteiger partial charge in [0.2, 0.25) is 11.8 Å². The number of fused-ring (bicyclic) bond motifs is 1. The van der Waals surface area contributed by atoms with Crippen molar-refractivity contribution in [1.29, 1.82) is 0 Å². The van der Waals surface area contributed by atoms with E-state index in [1.165, 1.54) is 6.20 Å². The van der Waals surface area contributed by atoms with Crippen molar-refractivity contribution in [2.75, 3.05) is 0 Å². The maximum absolute atomic E-state index is 12.3. The summed E-state index contributed by atoms with van der Waals surface area (Å²) in [4.78, 5) is 52.3. The minimum Gasteiger partial charge on any atom is -0.295 e. The summed E-state index contributed by atoms with van der Waals surface area (Å²) in [5, 5.41) is 2.13. The summed E-state index contributed by atoms with van der Waals surface area (Å²) in [5.74, 6) is -2.21. The molecule has 1 aromatic rings. The van der Waals surface area contributed by atoms with E-state index in [2.05, 4.69) is 26.2 Å². The lowest BCUT2D eigenvalue weighted by Crippen LogP contribution is -2.54. The van der Waals surface area contributed by atoms with Crippen LogP contribution in [0, 0.1) is 0 Å². The van der Waals surface area contributed by atoms with Gasteiger partial charge in [0, 0.05) is 17.1 Å². The lowest BCUT2D eigenvalue weighted by atomic mass is 10.0. The fraction of sp³-hybridized carbons (Fsp3) is 0.250. The molecule has 1 unspecified atom stereocenters. The number of carbonyl (C=O) groups is 4. The van der Waals surface area contributed by atoms with E-state index in [1.807, 2.05) is 0 Å². The lowest BCUT2D eigenvalue weighted by Gasteiger charge is -2.27. The van der Waals surface area contributed by atoms with Gasteiger partial charge in [-0.25, -0.2) is 0 Å². The summed E-state index contributed by atoms with van der Waals surface area (Å²) in [6.07, 6.45) is 1.63. The van der Waals surface area contributed by atoms with Crippen LogP contribution < -0.4 is 5.32 Å². The molecule has 1 N–H and O–H groups in total. The first-order valence-electron chi connectivity index (χ1n) is 5.87. The maximum atomic E-state index is 12.3. The van der Waals surface area contributed by atoms with Crippen LogP contribution in [0.15, 0.2) is 16.7 Å². The summed E-state index contributed by atoms with van der Waals surface area (Å²) < 4.78 is 0.454. The first kappa shape index (κ1) is 12.9. The Balaban J connectivity index is 2.00. The van der Waals surface area contributed by atoms with Crippen molar-refractivity contribution in [2.24, 2.45) is 0 Å². The number of amides is 4. The molecule has 3 heterocycles. The number of nitrogens with one attached hydrogen (secondary N) is 1. The van der Waals surface area contributed by atoms with E-state index >= 15 is 0 Å². The molecule has 3 rings (SSSR count). The van der Waals surface area contributed by atoms with E-state index in [4.69, 9.17) is 0 Å². The predicted molar refractivity (Wildman–Crippen MR) is 68.6 cm³/mol. The van der Waals surface area contributed by atoms with Gasteiger partial charge in [0.25, 0.3) is 11.8 Å². The zero-order valence-corrected chi connectivity index (χ0v) is 11.6. The number of halogens is 1. The van der Waals surface area contributed by atoms with Gasteiger partial charge in [-0.2, -0.15) is 0 Å². The van der Waals surface area contributed by atoms with Gasteiger partial charge in [-0.15, -0.1) is 0 Å². The highest BCUT2D eigenvalue weighted by Crippen LogP contribution is 2.30. The summed E-state index contributed by atoms with van der Waals surface area (Å²) >= 11 is 3.20. The number of piperidine rings is 1. The number of pyridine rings is 1. The van der Waals surface area contributed by atoms with Gasteiger partial charge >= 0.3 is 0 Å². The molecule has 2 aliphatic heterocycles. The van der Waals surface area contributed by atoms with Gasteiger partial charge in [0.15, 0.2) is 0 Å². The fourth-order valence-electron chi connectivity index (χ4n) is 2.34. The molecule has 0 saturated carbocycles. The quantitative estimate of drug-likeness (QED) is 0.740. The average molecular weight is 338 g/mol. The molecule has 102 valence electrons. The second-order valence-electron chi connectivity index (χ2n) is 4.46. The second kappa shape index (κ2) is 4.48. The first-order valence-corrected chi connectivity index (χ1v) is 6.66. The zero-order valence-electron chi connectivity index (χ0n) is 10.1. The molecule has 2 aliphatic rings. The Morgan fingerprint density at radius 2 is 2.00 bits per heavy atom. The van der Waals surface area contributed by atoms with Gasteiger partial charge in [-0.1, -0.05) is 0 Å². The molecule has 0 spiro atoms. The topological polar surface area (TPSA) is 96.4 Å². The number of imide groups is 2. The van der Waals surface area contributed by atoms with Crippen LogP contribution in [-0.4, -0.2) is 39.6 Å². The van der Waals surface area contributed by atoms with E-state index in [0.29, 0.717) is 4.47 Å². The van der Waals surface area contributed by atoms with Crippen molar-refractivity contribution >= 4 is 39.6 Å². The zero-order chi connectivity index (χ0) is 14.4. The van der Waals surface area contributed by atoms with E-state index in [-0.39, 0.29) is 24.1 Å². The van der Waals surface area contributed by atoms with Crippen molar-refractivity contribution in [3.63, 3.8) is 0 Å². The summed E-state index contributed by atoms with van der Waals surface area (Å²) in [6.45, 7) is 0. The molecule has 1 fully saturated rings. The normalized spacial score (nSPS) is 22.1. The van der Waals surface area contributed by atoms with Crippen molar-refractivity contribution < 1.29 is 19.2 Å². The SMILES string of the molecule is O=C1CCC(N2C(=O)c3nccc(Br)c3C2=O)C(=O)N1. The minimum absolute atomic E-state index is 0.0223. The molecular weight excluding hydrogens is 330 g/mol. The highest BCUT2D eigenvalue weighted by Gasteiger charge is 2.46. The summed E-state index contributed by atoms with van der Waals surface area (Å²) in [6, 6.07) is 0.589. The summed E-state index contributed by atoms with van der Waals surface area (Å²) in [5.41, 5.74) is 0.177. The van der Waals surface area contributed by atoms with Crippen LogP contribution in [0.5, 0.6) is 0 Å². The number of aromatic nitrogens is 1. The standard InChI is InChI=1S/C12H8BrN3O4/c13-5-3-4-14-9-8(5)11(19)16(12(9)20)6-1-2-7(17)15-10(6)18/h3-4,6H,1-2H2,(H,15,17,18). The number of carbonyl (C=O) groups excluding carboxylic acids is 4. The fourth-order valence-corrected chi connectivity index (χ4v) is 2.82. The van der Waals surface area contributed by atoms with Crippen molar-refractivity contribution in [3.8, 4) is 0 Å². The molecule has 1 saturated heterocycles. The van der Waals surface area contributed by atoms with Crippen LogP contribution in [0.2, 0.25) is 0 Å². The van der Waals surface area contributed by atoms with E-state index in [1.54, 1.807) is 6.07 Å². The van der Waals surface area contributed by atoms with Crippen molar-refractivity contribution in [3.05, 3.63) is 28.0 Å². The number of hydrogen-bond acceptors (Lipinski definition) is 5. The van der Waals surface area contributed by atoms with E-state index in [9.17, 15) is 19.2 Å². The van der Waals surface area contributed by atoms with Crippen LogP contribution in [-0.2, 0) is 9.59 Å².